The highest BCUT2D eigenvalue weighted by Gasteiger charge is 2.40. The molecule has 0 radical (unpaired) electrons. The monoisotopic (exact) mass is 797 g/mol. The number of para-hydroxylation sites is 1. The molecule has 0 bridgehead atoms. The van der Waals surface area contributed by atoms with Crippen molar-refractivity contribution in [2.45, 2.75) is 23.1 Å². The standard InChI is InChI=1S/C56H36BNO2S/c1-36-26-29-45-44-23-12-5-13-25-49(44)60-56(45)55(36)58(48-24-15-14-22-43(48)39-20-10-4-11-21-39)42-34-51-54-53(35-42)61-52-33-41(38-18-8-3-9-19-38)28-31-47(52)57(54)46-30-27-40(32-50(46)59-51)37-16-6-2-7-17-37/h2-4,6-12,14-24,26-35H,25H2,1H3. The lowest BCUT2D eigenvalue weighted by Gasteiger charge is -2.36. The van der Waals surface area contributed by atoms with Crippen molar-refractivity contribution in [1.82, 2.24) is 0 Å². The molecule has 3 nitrogen and oxygen atoms in total. The fourth-order valence-corrected chi connectivity index (χ4v) is 10.6. The maximum atomic E-state index is 7.18. The van der Waals surface area contributed by atoms with Crippen molar-refractivity contribution in [2.75, 3.05) is 4.90 Å². The number of allylic oxidation sites excluding steroid dienone is 1. The first-order valence-corrected chi connectivity index (χ1v) is 21.5. The zero-order valence-electron chi connectivity index (χ0n) is 33.4. The fraction of sp³-hybridized carbons (Fsp3) is 0.0357. The molecular weight excluding hydrogens is 761 g/mol. The van der Waals surface area contributed by atoms with Crippen LogP contribution in [0.15, 0.2) is 196 Å². The number of ether oxygens (including phenoxy) is 1. The molecule has 0 amide bonds. The third-order valence-corrected chi connectivity index (χ3v) is 13.4. The average molecular weight is 798 g/mol. The molecule has 3 heterocycles. The molecule has 61 heavy (non-hydrogen) atoms. The van der Waals surface area contributed by atoms with E-state index in [1.54, 1.807) is 0 Å². The van der Waals surface area contributed by atoms with E-state index in [0.29, 0.717) is 6.42 Å². The lowest BCUT2D eigenvalue weighted by molar-refractivity contribution is 0.486. The Bertz CT molecular complexity index is 3190. The minimum atomic E-state index is -0.00227. The Morgan fingerprint density at radius 1 is 0.607 bits per heavy atom. The second-order valence-electron chi connectivity index (χ2n) is 15.8. The van der Waals surface area contributed by atoms with Crippen LogP contribution >= 0.6 is 11.8 Å². The normalized spacial score (nSPS) is 12.9. The smallest absolute Gasteiger partial charge is 0.253 e. The van der Waals surface area contributed by atoms with Gasteiger partial charge in [-0.05, 0) is 87.6 Å². The van der Waals surface area contributed by atoms with Crippen LogP contribution in [0.4, 0.5) is 17.1 Å². The number of anilines is 3. The maximum Gasteiger partial charge on any atom is 0.253 e. The summed E-state index contributed by atoms with van der Waals surface area (Å²) in [4.78, 5) is 4.83. The summed E-state index contributed by atoms with van der Waals surface area (Å²) < 4.78 is 14.1. The molecule has 9 aromatic rings. The van der Waals surface area contributed by atoms with Crippen molar-refractivity contribution in [3.05, 3.63) is 199 Å². The van der Waals surface area contributed by atoms with Crippen LogP contribution in [0.3, 0.4) is 0 Å². The van der Waals surface area contributed by atoms with E-state index in [9.17, 15) is 0 Å². The van der Waals surface area contributed by atoms with Gasteiger partial charge in [-0.15, -0.1) is 0 Å². The minimum Gasteiger partial charge on any atom is -0.458 e. The summed E-state index contributed by atoms with van der Waals surface area (Å²) in [5.74, 6) is 9.04. The number of rotatable bonds is 6. The van der Waals surface area contributed by atoms with Gasteiger partial charge in [0.25, 0.3) is 6.71 Å². The first kappa shape index (κ1) is 35.5. The lowest BCUT2D eigenvalue weighted by Crippen LogP contribution is -2.57. The molecule has 0 saturated carbocycles. The summed E-state index contributed by atoms with van der Waals surface area (Å²) in [6.07, 6.45) is 4.59. The Morgan fingerprint density at radius 2 is 1.30 bits per heavy atom. The molecule has 1 aliphatic carbocycles. The van der Waals surface area contributed by atoms with Crippen LogP contribution in [0.5, 0.6) is 11.5 Å². The summed E-state index contributed by atoms with van der Waals surface area (Å²) in [5.41, 5.74) is 16.7. The Hall–Kier alpha value is -7.39. The van der Waals surface area contributed by atoms with Gasteiger partial charge in [-0.1, -0.05) is 175 Å². The topological polar surface area (TPSA) is 25.6 Å². The largest absolute Gasteiger partial charge is 0.458 e. The molecule has 0 saturated heterocycles. The summed E-state index contributed by atoms with van der Waals surface area (Å²) in [6, 6.07) is 63.4. The van der Waals surface area contributed by atoms with Gasteiger partial charge in [0.2, 0.25) is 0 Å². The van der Waals surface area contributed by atoms with Gasteiger partial charge in [-0.2, -0.15) is 0 Å². The molecule has 3 aliphatic rings. The third-order valence-electron chi connectivity index (χ3n) is 12.2. The van der Waals surface area contributed by atoms with Crippen molar-refractivity contribution in [1.29, 1.82) is 0 Å². The van der Waals surface area contributed by atoms with Crippen LogP contribution < -0.4 is 26.0 Å². The Morgan fingerprint density at radius 3 is 2.07 bits per heavy atom. The Balaban J connectivity index is 1.12. The van der Waals surface area contributed by atoms with E-state index in [1.165, 1.54) is 37.3 Å². The number of furan rings is 1. The second kappa shape index (κ2) is 14.4. The first-order valence-electron chi connectivity index (χ1n) is 20.7. The number of fused-ring (bicyclic) bond motifs is 7. The molecule has 0 spiro atoms. The molecule has 12 rings (SSSR count). The zero-order valence-corrected chi connectivity index (χ0v) is 34.2. The van der Waals surface area contributed by atoms with Gasteiger partial charge in [0, 0.05) is 32.4 Å². The molecule has 286 valence electrons. The van der Waals surface area contributed by atoms with E-state index in [1.807, 2.05) is 17.8 Å². The van der Waals surface area contributed by atoms with Crippen molar-refractivity contribution in [3.63, 3.8) is 0 Å². The van der Waals surface area contributed by atoms with Gasteiger partial charge in [-0.3, -0.25) is 0 Å². The quantitative estimate of drug-likeness (QED) is 0.124. The van der Waals surface area contributed by atoms with Gasteiger partial charge in [0.15, 0.2) is 5.58 Å². The van der Waals surface area contributed by atoms with E-state index >= 15 is 0 Å². The maximum absolute atomic E-state index is 7.18. The highest BCUT2D eigenvalue weighted by Crippen LogP contribution is 2.49. The molecule has 0 atom stereocenters. The van der Waals surface area contributed by atoms with E-state index in [2.05, 4.69) is 206 Å². The van der Waals surface area contributed by atoms with Crippen LogP contribution in [-0.4, -0.2) is 6.71 Å². The van der Waals surface area contributed by atoms with Crippen molar-refractivity contribution >= 4 is 69.0 Å². The number of benzene rings is 8. The highest BCUT2D eigenvalue weighted by molar-refractivity contribution is 8.00. The summed E-state index contributed by atoms with van der Waals surface area (Å²) in [5, 5.41) is 1.06. The molecule has 1 aromatic heterocycles. The SMILES string of the molecule is Cc1ccc2c3c(oc2c1N(c1cc2c4c(c1)Sc1cc(-c5ccccc5)ccc1B4c1ccc(-c4ccccc4)cc1O2)c1ccccc1-c1ccccc1)CC#CC=C3. The molecule has 0 N–H and O–H groups in total. The van der Waals surface area contributed by atoms with Gasteiger partial charge < -0.3 is 14.1 Å². The molecule has 0 fully saturated rings. The van der Waals surface area contributed by atoms with Gasteiger partial charge >= 0.3 is 0 Å². The van der Waals surface area contributed by atoms with Crippen LogP contribution in [0.2, 0.25) is 0 Å². The van der Waals surface area contributed by atoms with Gasteiger partial charge in [0.05, 0.1) is 23.5 Å². The van der Waals surface area contributed by atoms with Crippen LogP contribution in [0.25, 0.3) is 50.4 Å². The number of hydrogen-bond acceptors (Lipinski definition) is 4. The van der Waals surface area contributed by atoms with E-state index in [0.717, 1.165) is 78.7 Å². The predicted molar refractivity (Wildman–Crippen MR) is 254 cm³/mol. The molecule has 0 unspecified atom stereocenters. The lowest BCUT2D eigenvalue weighted by atomic mass is 9.35. The predicted octanol–water partition coefficient (Wildman–Crippen LogP) is 12.9. The Kier molecular flexibility index (Phi) is 8.40. The van der Waals surface area contributed by atoms with Crippen molar-refractivity contribution in [2.24, 2.45) is 0 Å². The van der Waals surface area contributed by atoms with Crippen LogP contribution in [-0.2, 0) is 6.42 Å². The number of nitrogens with zero attached hydrogens (tertiary/aromatic N) is 1. The summed E-state index contributed by atoms with van der Waals surface area (Å²) in [6.45, 7) is 2.18. The second-order valence-corrected chi connectivity index (χ2v) is 16.9. The summed E-state index contributed by atoms with van der Waals surface area (Å²) in [7, 11) is 0. The molecule has 8 aromatic carbocycles. The minimum absolute atomic E-state index is 0.00227. The van der Waals surface area contributed by atoms with E-state index < -0.39 is 0 Å². The molecule has 5 heteroatoms. The van der Waals surface area contributed by atoms with E-state index in [-0.39, 0.29) is 6.71 Å². The van der Waals surface area contributed by atoms with Crippen LogP contribution in [0.1, 0.15) is 16.9 Å². The third kappa shape index (κ3) is 5.94. The molecular formula is C56H36BNO2S. The van der Waals surface area contributed by atoms with Crippen LogP contribution in [0, 0.1) is 18.8 Å². The molecule has 2 aliphatic heterocycles. The highest BCUT2D eigenvalue weighted by atomic mass is 32.2. The van der Waals surface area contributed by atoms with Gasteiger partial charge in [0.1, 0.15) is 17.3 Å². The van der Waals surface area contributed by atoms with E-state index in [4.69, 9.17) is 9.15 Å². The van der Waals surface area contributed by atoms with Crippen molar-refractivity contribution < 1.29 is 9.15 Å². The number of aryl methyl sites for hydroxylation is 1. The number of hydrogen-bond donors (Lipinski definition) is 0. The summed E-state index contributed by atoms with van der Waals surface area (Å²) >= 11 is 1.83. The van der Waals surface area contributed by atoms with Gasteiger partial charge in [-0.25, -0.2) is 0 Å². The zero-order chi connectivity index (χ0) is 40.4. The average Bonchev–Trinajstić information content (AvgIpc) is 3.50. The fourth-order valence-electron chi connectivity index (χ4n) is 9.37. The first-order chi connectivity index (χ1) is 30.2. The van der Waals surface area contributed by atoms with Crippen molar-refractivity contribution in [3.8, 4) is 56.7 Å². The Labute approximate surface area is 360 Å².